The number of carbonyl (C=O) groups excluding carboxylic acids is 1. The smallest absolute Gasteiger partial charge is 0.277 e. The molecule has 1 aromatic heterocycles. The van der Waals surface area contributed by atoms with Crippen LogP contribution in [0.2, 0.25) is 0 Å². The first kappa shape index (κ1) is 18.1. The maximum absolute atomic E-state index is 13.3. The molecule has 9 nitrogen and oxygen atoms in total. The van der Waals surface area contributed by atoms with E-state index in [1.54, 1.807) is 11.4 Å². The number of anilines is 1. The van der Waals surface area contributed by atoms with E-state index in [0.717, 1.165) is 29.5 Å². The number of aromatic nitrogens is 1. The first-order valence-electron chi connectivity index (χ1n) is 7.30. The molecule has 3 rings (SSSR count). The van der Waals surface area contributed by atoms with Gasteiger partial charge < -0.3 is 0 Å². The lowest BCUT2D eigenvalue weighted by Gasteiger charge is -2.02. The van der Waals surface area contributed by atoms with Gasteiger partial charge in [0.25, 0.3) is 17.3 Å². The van der Waals surface area contributed by atoms with Gasteiger partial charge in [0.05, 0.1) is 27.2 Å². The molecule has 0 radical (unpaired) electrons. The van der Waals surface area contributed by atoms with Crippen molar-refractivity contribution >= 4 is 33.8 Å². The lowest BCUT2D eigenvalue weighted by Crippen LogP contribution is -2.12. The number of non-ortho nitro benzene ring substituents is 2. The lowest BCUT2D eigenvalue weighted by molar-refractivity contribution is -0.394. The highest BCUT2D eigenvalue weighted by Gasteiger charge is 2.20. The zero-order chi connectivity index (χ0) is 19.6. The van der Waals surface area contributed by atoms with E-state index in [0.29, 0.717) is 11.3 Å². The monoisotopic (exact) mass is 388 g/mol. The Morgan fingerprint density at radius 2 is 1.74 bits per heavy atom. The summed E-state index contributed by atoms with van der Waals surface area (Å²) in [6, 6.07) is 8.37. The van der Waals surface area contributed by atoms with Crippen LogP contribution in [0.5, 0.6) is 0 Å². The fourth-order valence-corrected chi connectivity index (χ4v) is 2.93. The molecule has 0 saturated heterocycles. The van der Waals surface area contributed by atoms with Crippen LogP contribution in [-0.2, 0) is 0 Å². The molecule has 1 N–H and O–H groups in total. The van der Waals surface area contributed by atoms with E-state index in [2.05, 4.69) is 10.3 Å². The second kappa shape index (κ2) is 7.25. The molecule has 0 aliphatic heterocycles. The zero-order valence-electron chi connectivity index (χ0n) is 13.3. The van der Waals surface area contributed by atoms with E-state index in [4.69, 9.17) is 0 Å². The Kier molecular flexibility index (Phi) is 4.86. The third-order valence-corrected chi connectivity index (χ3v) is 4.19. The van der Waals surface area contributed by atoms with Crippen LogP contribution in [0.25, 0.3) is 11.3 Å². The summed E-state index contributed by atoms with van der Waals surface area (Å²) in [6.45, 7) is 0. The van der Waals surface area contributed by atoms with Crippen molar-refractivity contribution in [1.29, 1.82) is 0 Å². The maximum atomic E-state index is 13.3. The molecule has 0 unspecified atom stereocenters. The van der Waals surface area contributed by atoms with Gasteiger partial charge in [-0.05, 0) is 12.1 Å². The fourth-order valence-electron chi connectivity index (χ4n) is 2.22. The van der Waals surface area contributed by atoms with E-state index in [9.17, 15) is 29.4 Å². The quantitative estimate of drug-likeness (QED) is 0.519. The Hall–Kier alpha value is -3.73. The Morgan fingerprint density at radius 1 is 1.07 bits per heavy atom. The second-order valence-corrected chi connectivity index (χ2v) is 6.11. The predicted molar refractivity (Wildman–Crippen MR) is 95.2 cm³/mol. The number of benzene rings is 2. The molecule has 11 heteroatoms. The first-order chi connectivity index (χ1) is 12.8. The van der Waals surface area contributed by atoms with Crippen LogP contribution in [0.15, 0.2) is 47.8 Å². The van der Waals surface area contributed by atoms with Gasteiger partial charge >= 0.3 is 0 Å². The summed E-state index contributed by atoms with van der Waals surface area (Å²) in [5.74, 6) is -1.23. The molecule has 2 aromatic carbocycles. The fraction of sp³-hybridized carbons (Fsp3) is 0. The minimum Gasteiger partial charge on any atom is -0.298 e. The molecule has 0 fully saturated rings. The van der Waals surface area contributed by atoms with Gasteiger partial charge in [0.2, 0.25) is 0 Å². The number of rotatable bonds is 5. The molecule has 0 spiro atoms. The SMILES string of the molecule is O=C(Nc1nc(-c2cccc(F)c2)cs1)c1cc([N+](=O)[O-])cc([N+](=O)[O-])c1. The molecule has 0 bridgehead atoms. The van der Waals surface area contributed by atoms with Crippen molar-refractivity contribution in [3.05, 3.63) is 79.5 Å². The number of halogens is 1. The number of nitro benzene ring substituents is 2. The highest BCUT2D eigenvalue weighted by Crippen LogP contribution is 2.27. The minimum absolute atomic E-state index is 0.161. The summed E-state index contributed by atoms with van der Waals surface area (Å²) in [6.07, 6.45) is 0. The van der Waals surface area contributed by atoms with Crippen LogP contribution in [0.3, 0.4) is 0 Å². The van der Waals surface area contributed by atoms with Crippen molar-refractivity contribution in [2.45, 2.75) is 0 Å². The van der Waals surface area contributed by atoms with Crippen LogP contribution in [0.1, 0.15) is 10.4 Å². The Labute approximate surface area is 154 Å². The molecule has 27 heavy (non-hydrogen) atoms. The summed E-state index contributed by atoms with van der Waals surface area (Å²) in [5.41, 5.74) is -0.459. The van der Waals surface area contributed by atoms with Gasteiger partial charge in [0, 0.05) is 23.1 Å². The number of thiazole rings is 1. The van der Waals surface area contributed by atoms with Gasteiger partial charge in [-0.2, -0.15) is 0 Å². The normalized spacial score (nSPS) is 10.4. The first-order valence-corrected chi connectivity index (χ1v) is 8.18. The minimum atomic E-state index is -0.824. The topological polar surface area (TPSA) is 128 Å². The van der Waals surface area contributed by atoms with E-state index in [-0.39, 0.29) is 10.7 Å². The third-order valence-electron chi connectivity index (χ3n) is 3.43. The van der Waals surface area contributed by atoms with Gasteiger partial charge in [-0.25, -0.2) is 9.37 Å². The predicted octanol–water partition coefficient (Wildman–Crippen LogP) is 4.02. The molecule has 0 aliphatic rings. The van der Waals surface area contributed by atoms with Crippen molar-refractivity contribution < 1.29 is 19.0 Å². The van der Waals surface area contributed by atoms with Crippen molar-refractivity contribution in [2.24, 2.45) is 0 Å². The molecule has 0 aliphatic carbocycles. The average Bonchev–Trinajstić information content (AvgIpc) is 3.09. The van der Waals surface area contributed by atoms with Crippen LogP contribution in [0.4, 0.5) is 20.9 Å². The number of hydrogen-bond donors (Lipinski definition) is 1. The van der Waals surface area contributed by atoms with Crippen molar-refractivity contribution in [3.63, 3.8) is 0 Å². The maximum Gasteiger partial charge on any atom is 0.277 e. The van der Waals surface area contributed by atoms with Gasteiger partial charge in [0.15, 0.2) is 5.13 Å². The molecular formula is C16H9FN4O5S. The highest BCUT2D eigenvalue weighted by molar-refractivity contribution is 7.14. The summed E-state index contributed by atoms with van der Waals surface area (Å²) in [7, 11) is 0. The van der Waals surface area contributed by atoms with Crippen molar-refractivity contribution in [1.82, 2.24) is 4.98 Å². The summed E-state index contributed by atoms with van der Waals surface area (Å²) < 4.78 is 13.3. The number of nitrogens with one attached hydrogen (secondary N) is 1. The standard InChI is InChI=1S/C16H9FN4O5S/c17-11-3-1-2-9(4-11)14-8-27-16(18-14)19-15(22)10-5-12(20(23)24)7-13(6-10)21(25)26/h1-8H,(H,18,19,22). The molecule has 136 valence electrons. The Morgan fingerprint density at radius 3 is 2.33 bits per heavy atom. The second-order valence-electron chi connectivity index (χ2n) is 5.25. The summed E-state index contributed by atoms with van der Waals surface area (Å²) in [5, 5.41) is 26.0. The van der Waals surface area contributed by atoms with E-state index in [1.165, 1.54) is 18.2 Å². The van der Waals surface area contributed by atoms with Gasteiger partial charge in [-0.15, -0.1) is 11.3 Å². The van der Waals surface area contributed by atoms with Crippen molar-refractivity contribution in [3.8, 4) is 11.3 Å². The number of amides is 1. The van der Waals surface area contributed by atoms with E-state index < -0.39 is 32.9 Å². The Bertz CT molecular complexity index is 1040. The molecule has 0 saturated carbocycles. The molecule has 1 amide bonds. The van der Waals surface area contributed by atoms with E-state index in [1.807, 2.05) is 0 Å². The molecule has 1 heterocycles. The van der Waals surface area contributed by atoms with Crippen molar-refractivity contribution in [2.75, 3.05) is 5.32 Å². The van der Waals surface area contributed by atoms with Gasteiger partial charge in [-0.3, -0.25) is 30.3 Å². The van der Waals surface area contributed by atoms with Crippen LogP contribution < -0.4 is 5.32 Å². The third kappa shape index (κ3) is 4.10. The number of hydrogen-bond acceptors (Lipinski definition) is 7. The highest BCUT2D eigenvalue weighted by atomic mass is 32.1. The summed E-state index contributed by atoms with van der Waals surface area (Å²) >= 11 is 1.06. The number of nitro groups is 2. The Balaban J connectivity index is 1.86. The largest absolute Gasteiger partial charge is 0.298 e. The zero-order valence-corrected chi connectivity index (χ0v) is 14.1. The van der Waals surface area contributed by atoms with E-state index >= 15 is 0 Å². The number of carbonyl (C=O) groups is 1. The number of nitrogens with zero attached hydrogens (tertiary/aromatic N) is 3. The average molecular weight is 388 g/mol. The van der Waals surface area contributed by atoms with Crippen LogP contribution >= 0.6 is 11.3 Å². The van der Waals surface area contributed by atoms with Crippen LogP contribution in [0, 0.1) is 26.0 Å². The lowest BCUT2D eigenvalue weighted by atomic mass is 10.1. The molecule has 0 atom stereocenters. The molecule has 3 aromatic rings. The van der Waals surface area contributed by atoms with Gasteiger partial charge in [0.1, 0.15) is 5.82 Å². The summed E-state index contributed by atoms with van der Waals surface area (Å²) in [4.78, 5) is 36.6. The van der Waals surface area contributed by atoms with Crippen LogP contribution in [-0.4, -0.2) is 20.7 Å². The van der Waals surface area contributed by atoms with Gasteiger partial charge in [-0.1, -0.05) is 12.1 Å². The molecular weight excluding hydrogens is 379 g/mol.